The molecule has 1 aromatic heterocycles. The molecule has 3 aromatic rings. The minimum atomic E-state index is -0.271. The van der Waals surface area contributed by atoms with Crippen molar-refractivity contribution >= 4 is 17.7 Å². The predicted molar refractivity (Wildman–Crippen MR) is 106 cm³/mol. The van der Waals surface area contributed by atoms with Gasteiger partial charge in [0.1, 0.15) is 5.69 Å². The quantitative estimate of drug-likeness (QED) is 0.597. The maximum Gasteiger partial charge on any atom is 0.257 e. The SMILES string of the molecule is CCCNC(=O)[C@@H](C)Sc1nc(-c2ccccc2)c(-c2ccccc2)o1. The summed E-state index contributed by atoms with van der Waals surface area (Å²) >= 11 is 1.34. The number of rotatable bonds is 7. The van der Waals surface area contributed by atoms with E-state index in [2.05, 4.69) is 10.3 Å². The lowest BCUT2D eigenvalue weighted by Gasteiger charge is -2.08. The van der Waals surface area contributed by atoms with E-state index in [-0.39, 0.29) is 11.2 Å². The Kier molecular flexibility index (Phi) is 6.12. The first kappa shape index (κ1) is 18.3. The number of nitrogens with one attached hydrogen (secondary N) is 1. The topological polar surface area (TPSA) is 55.1 Å². The Balaban J connectivity index is 1.91. The van der Waals surface area contributed by atoms with Crippen molar-refractivity contribution in [3.05, 3.63) is 60.7 Å². The van der Waals surface area contributed by atoms with Gasteiger partial charge in [0.25, 0.3) is 5.22 Å². The normalized spacial score (nSPS) is 11.9. The van der Waals surface area contributed by atoms with Gasteiger partial charge in [-0.15, -0.1) is 0 Å². The highest BCUT2D eigenvalue weighted by molar-refractivity contribution is 8.00. The van der Waals surface area contributed by atoms with Gasteiger partial charge in [0.2, 0.25) is 5.91 Å². The number of oxazole rings is 1. The molecular weight excluding hydrogens is 344 g/mol. The summed E-state index contributed by atoms with van der Waals surface area (Å²) in [5.41, 5.74) is 2.75. The molecule has 26 heavy (non-hydrogen) atoms. The van der Waals surface area contributed by atoms with Gasteiger partial charge >= 0.3 is 0 Å². The molecule has 0 aliphatic carbocycles. The summed E-state index contributed by atoms with van der Waals surface area (Å²) in [6, 6.07) is 19.9. The fourth-order valence-corrected chi connectivity index (χ4v) is 3.29. The van der Waals surface area contributed by atoms with E-state index in [4.69, 9.17) is 4.42 Å². The summed E-state index contributed by atoms with van der Waals surface area (Å²) in [5.74, 6) is 0.720. The zero-order valence-corrected chi connectivity index (χ0v) is 15.8. The number of benzene rings is 2. The molecule has 0 radical (unpaired) electrons. The Morgan fingerprint density at radius 3 is 2.31 bits per heavy atom. The Bertz CT molecular complexity index is 790. The molecule has 3 rings (SSSR count). The molecular formula is C21H22N2O2S. The molecule has 1 atom stereocenters. The smallest absolute Gasteiger partial charge is 0.257 e. The molecule has 0 aliphatic rings. The molecule has 0 spiro atoms. The Hall–Kier alpha value is -2.53. The molecule has 0 fully saturated rings. The Labute approximate surface area is 158 Å². The molecule has 134 valence electrons. The van der Waals surface area contributed by atoms with Crippen molar-refractivity contribution in [2.75, 3.05) is 6.54 Å². The minimum absolute atomic E-state index is 0.00225. The molecule has 0 unspecified atom stereocenters. The molecule has 1 amide bonds. The molecule has 1 N–H and O–H groups in total. The molecule has 5 heteroatoms. The van der Waals surface area contributed by atoms with Crippen LogP contribution in [-0.2, 0) is 4.79 Å². The average Bonchev–Trinajstić information content (AvgIpc) is 3.11. The largest absolute Gasteiger partial charge is 0.431 e. The molecule has 0 saturated heterocycles. The first-order valence-corrected chi connectivity index (χ1v) is 9.63. The van der Waals surface area contributed by atoms with E-state index in [1.807, 2.05) is 74.5 Å². The first-order chi connectivity index (χ1) is 12.7. The molecule has 0 bridgehead atoms. The van der Waals surface area contributed by atoms with E-state index >= 15 is 0 Å². The molecule has 1 heterocycles. The van der Waals surface area contributed by atoms with Gasteiger partial charge in [0.05, 0.1) is 5.25 Å². The van der Waals surface area contributed by atoms with Crippen molar-refractivity contribution in [3.8, 4) is 22.6 Å². The summed E-state index contributed by atoms with van der Waals surface area (Å²) < 4.78 is 6.05. The highest BCUT2D eigenvalue weighted by Crippen LogP contribution is 2.36. The van der Waals surface area contributed by atoms with E-state index in [0.29, 0.717) is 11.8 Å². The zero-order chi connectivity index (χ0) is 18.4. The van der Waals surface area contributed by atoms with Crippen LogP contribution in [-0.4, -0.2) is 22.7 Å². The van der Waals surface area contributed by atoms with Crippen molar-refractivity contribution in [1.29, 1.82) is 0 Å². The van der Waals surface area contributed by atoms with Crippen molar-refractivity contribution in [2.24, 2.45) is 0 Å². The van der Waals surface area contributed by atoms with Crippen molar-refractivity contribution in [1.82, 2.24) is 10.3 Å². The summed E-state index contributed by atoms with van der Waals surface area (Å²) in [5, 5.41) is 3.14. The van der Waals surface area contributed by atoms with Gasteiger partial charge in [0, 0.05) is 17.7 Å². The van der Waals surface area contributed by atoms with Crippen LogP contribution in [0.15, 0.2) is 70.3 Å². The Morgan fingerprint density at radius 2 is 1.69 bits per heavy atom. The fourth-order valence-electron chi connectivity index (χ4n) is 2.52. The van der Waals surface area contributed by atoms with Crippen molar-refractivity contribution in [3.63, 3.8) is 0 Å². The van der Waals surface area contributed by atoms with Crippen molar-refractivity contribution < 1.29 is 9.21 Å². The molecule has 0 saturated carbocycles. The lowest BCUT2D eigenvalue weighted by Crippen LogP contribution is -2.31. The lowest BCUT2D eigenvalue weighted by atomic mass is 10.1. The summed E-state index contributed by atoms with van der Waals surface area (Å²) in [7, 11) is 0. The second-order valence-electron chi connectivity index (χ2n) is 5.94. The monoisotopic (exact) mass is 366 g/mol. The van der Waals surface area contributed by atoms with E-state index in [9.17, 15) is 4.79 Å². The minimum Gasteiger partial charge on any atom is -0.431 e. The summed E-state index contributed by atoms with van der Waals surface area (Å²) in [4.78, 5) is 16.8. The second-order valence-corrected chi connectivity index (χ2v) is 7.23. The average molecular weight is 366 g/mol. The highest BCUT2D eigenvalue weighted by atomic mass is 32.2. The fraction of sp³-hybridized carbons (Fsp3) is 0.238. The van der Waals surface area contributed by atoms with Gasteiger partial charge in [-0.2, -0.15) is 0 Å². The number of thioether (sulfide) groups is 1. The van der Waals surface area contributed by atoms with Gasteiger partial charge in [-0.25, -0.2) is 4.98 Å². The van der Waals surface area contributed by atoms with Gasteiger partial charge in [-0.1, -0.05) is 79.3 Å². The van der Waals surface area contributed by atoms with Crippen LogP contribution in [0.25, 0.3) is 22.6 Å². The van der Waals surface area contributed by atoms with E-state index < -0.39 is 0 Å². The molecule has 4 nitrogen and oxygen atoms in total. The number of hydrogen-bond donors (Lipinski definition) is 1. The number of hydrogen-bond acceptors (Lipinski definition) is 4. The number of carbonyl (C=O) groups excluding carboxylic acids is 1. The predicted octanol–water partition coefficient (Wildman–Crippen LogP) is 5.02. The van der Waals surface area contributed by atoms with Crippen molar-refractivity contribution in [2.45, 2.75) is 30.7 Å². The summed E-state index contributed by atoms with van der Waals surface area (Å²) in [6.45, 7) is 4.58. The van der Waals surface area contributed by atoms with Crippen LogP contribution in [0, 0.1) is 0 Å². The van der Waals surface area contributed by atoms with Gasteiger partial charge in [-0.05, 0) is 13.3 Å². The molecule has 0 aliphatic heterocycles. The van der Waals surface area contributed by atoms with Crippen LogP contribution in [0.4, 0.5) is 0 Å². The first-order valence-electron chi connectivity index (χ1n) is 8.75. The second kappa shape index (κ2) is 8.72. The number of aromatic nitrogens is 1. The lowest BCUT2D eigenvalue weighted by molar-refractivity contribution is -0.120. The molecule has 2 aromatic carbocycles. The van der Waals surface area contributed by atoms with Gasteiger partial charge in [0.15, 0.2) is 5.76 Å². The van der Waals surface area contributed by atoms with Crippen LogP contribution in [0.1, 0.15) is 20.3 Å². The van der Waals surface area contributed by atoms with Crippen LogP contribution < -0.4 is 5.32 Å². The van der Waals surface area contributed by atoms with Gasteiger partial charge < -0.3 is 9.73 Å². The zero-order valence-electron chi connectivity index (χ0n) is 14.9. The Morgan fingerprint density at radius 1 is 1.08 bits per heavy atom. The third kappa shape index (κ3) is 4.35. The summed E-state index contributed by atoms with van der Waals surface area (Å²) in [6.07, 6.45) is 0.915. The van der Waals surface area contributed by atoms with E-state index in [1.54, 1.807) is 0 Å². The maximum atomic E-state index is 12.1. The number of nitrogens with zero attached hydrogens (tertiary/aromatic N) is 1. The number of carbonyl (C=O) groups is 1. The van der Waals surface area contributed by atoms with Crippen LogP contribution in [0.2, 0.25) is 0 Å². The van der Waals surface area contributed by atoms with E-state index in [0.717, 1.165) is 29.0 Å². The van der Waals surface area contributed by atoms with E-state index in [1.165, 1.54) is 11.8 Å². The third-order valence-corrected chi connectivity index (χ3v) is 4.83. The van der Waals surface area contributed by atoms with Gasteiger partial charge in [-0.3, -0.25) is 4.79 Å². The standard InChI is InChI=1S/C21H22N2O2S/c1-3-14-22-20(24)15(2)26-21-23-18(16-10-6-4-7-11-16)19(25-21)17-12-8-5-9-13-17/h4-13,15H,3,14H2,1-2H3,(H,22,24)/t15-/m1/s1. The maximum absolute atomic E-state index is 12.1. The van der Waals surface area contributed by atoms with Crippen LogP contribution in [0.5, 0.6) is 0 Å². The number of amides is 1. The van der Waals surface area contributed by atoms with Crippen LogP contribution in [0.3, 0.4) is 0 Å². The third-order valence-electron chi connectivity index (χ3n) is 3.89. The highest BCUT2D eigenvalue weighted by Gasteiger charge is 2.21. The van der Waals surface area contributed by atoms with Crippen LogP contribution >= 0.6 is 11.8 Å².